The molecule has 2 rings (SSSR count). The molecule has 0 unspecified atom stereocenters. The Bertz CT molecular complexity index is 501. The fraction of sp³-hybridized carbons (Fsp3) is 0.562. The molecule has 5 heteroatoms. The first-order valence-corrected chi connectivity index (χ1v) is 8.63. The molecule has 1 heterocycles. The minimum absolute atomic E-state index is 0.0230. The van der Waals surface area contributed by atoms with Crippen molar-refractivity contribution in [3.8, 4) is 0 Å². The highest BCUT2D eigenvalue weighted by Gasteiger charge is 2.25. The number of piperidine rings is 1. The molecule has 116 valence electrons. The van der Waals surface area contributed by atoms with Crippen LogP contribution in [0.5, 0.6) is 0 Å². The van der Waals surface area contributed by atoms with Crippen LogP contribution in [0.4, 0.5) is 0 Å². The van der Waals surface area contributed by atoms with E-state index in [4.69, 9.17) is 11.6 Å². The Hall–Kier alpha value is -0.580. The molecule has 3 nitrogen and oxygen atoms in total. The largest absolute Gasteiger partial charge is 0.336 e. The molecule has 0 saturated carbocycles. The summed E-state index contributed by atoms with van der Waals surface area (Å²) in [5.74, 6) is 0.596. The van der Waals surface area contributed by atoms with E-state index in [1.165, 1.54) is 0 Å². The number of hydrogen-bond donors (Lipinski definition) is 1. The zero-order valence-corrected chi connectivity index (χ0v) is 14.9. The topological polar surface area (TPSA) is 32.3 Å². The van der Waals surface area contributed by atoms with Crippen LogP contribution in [0.25, 0.3) is 0 Å². The summed E-state index contributed by atoms with van der Waals surface area (Å²) in [6, 6.07) is 5.60. The average molecular weight is 374 g/mol. The van der Waals surface area contributed by atoms with Gasteiger partial charge >= 0.3 is 0 Å². The molecule has 1 amide bonds. The predicted octanol–water partition coefficient (Wildman–Crippen LogP) is 3.95. The SMILES string of the molecule is CC(C)N(CC1CCNCC1)C(=O)c1cc(Br)ccc1Cl. The van der Waals surface area contributed by atoms with Crippen LogP contribution in [0.1, 0.15) is 37.0 Å². The summed E-state index contributed by atoms with van der Waals surface area (Å²) < 4.78 is 0.876. The first kappa shape index (κ1) is 16.8. The smallest absolute Gasteiger partial charge is 0.255 e. The van der Waals surface area contributed by atoms with Crippen LogP contribution >= 0.6 is 27.5 Å². The van der Waals surface area contributed by atoms with Crippen molar-refractivity contribution in [2.45, 2.75) is 32.7 Å². The van der Waals surface area contributed by atoms with Crippen LogP contribution in [-0.4, -0.2) is 36.5 Å². The monoisotopic (exact) mass is 372 g/mol. The van der Waals surface area contributed by atoms with E-state index >= 15 is 0 Å². The Labute approximate surface area is 140 Å². The lowest BCUT2D eigenvalue weighted by atomic mass is 9.96. The minimum atomic E-state index is 0.0230. The quantitative estimate of drug-likeness (QED) is 0.866. The van der Waals surface area contributed by atoms with Gasteiger partial charge in [-0.1, -0.05) is 27.5 Å². The third-order valence-corrected chi connectivity index (χ3v) is 4.78. The number of hydrogen-bond acceptors (Lipinski definition) is 2. The van der Waals surface area contributed by atoms with Gasteiger partial charge < -0.3 is 10.2 Å². The van der Waals surface area contributed by atoms with Crippen molar-refractivity contribution in [1.29, 1.82) is 0 Å². The molecular formula is C16H22BrClN2O. The van der Waals surface area contributed by atoms with Crippen molar-refractivity contribution >= 4 is 33.4 Å². The number of halogens is 2. The van der Waals surface area contributed by atoms with Crippen molar-refractivity contribution in [2.75, 3.05) is 19.6 Å². The fourth-order valence-corrected chi connectivity index (χ4v) is 3.25. The standard InChI is InChI=1S/C16H22BrClN2O/c1-11(2)20(10-12-5-7-19-8-6-12)16(21)14-9-13(17)3-4-15(14)18/h3-4,9,11-12,19H,5-8,10H2,1-2H3. The summed E-state index contributed by atoms with van der Waals surface area (Å²) in [6.45, 7) is 7.02. The maximum atomic E-state index is 12.8. The molecule has 21 heavy (non-hydrogen) atoms. The lowest BCUT2D eigenvalue weighted by Gasteiger charge is -2.33. The van der Waals surface area contributed by atoms with E-state index in [1.54, 1.807) is 6.07 Å². The van der Waals surface area contributed by atoms with Crippen molar-refractivity contribution in [2.24, 2.45) is 5.92 Å². The van der Waals surface area contributed by atoms with E-state index in [9.17, 15) is 4.79 Å². The van der Waals surface area contributed by atoms with Crippen LogP contribution in [0.3, 0.4) is 0 Å². The fourth-order valence-electron chi connectivity index (χ4n) is 2.69. The van der Waals surface area contributed by atoms with Gasteiger partial charge in [0.1, 0.15) is 0 Å². The molecule has 0 spiro atoms. The molecule has 1 fully saturated rings. The molecule has 1 aliphatic heterocycles. The van der Waals surface area contributed by atoms with Crippen molar-refractivity contribution in [1.82, 2.24) is 10.2 Å². The van der Waals surface area contributed by atoms with Crippen LogP contribution in [0.15, 0.2) is 22.7 Å². The van der Waals surface area contributed by atoms with Gasteiger partial charge in [-0.15, -0.1) is 0 Å². The second kappa shape index (κ2) is 7.61. The Morgan fingerprint density at radius 3 is 2.71 bits per heavy atom. The van der Waals surface area contributed by atoms with Gasteiger partial charge in [0, 0.05) is 17.1 Å². The average Bonchev–Trinajstić information content (AvgIpc) is 2.47. The molecule has 0 aromatic heterocycles. The molecule has 1 N–H and O–H groups in total. The van der Waals surface area contributed by atoms with Gasteiger partial charge in [0.15, 0.2) is 0 Å². The summed E-state index contributed by atoms with van der Waals surface area (Å²) in [7, 11) is 0. The number of rotatable bonds is 4. The number of benzene rings is 1. The van der Waals surface area contributed by atoms with Crippen LogP contribution < -0.4 is 5.32 Å². The Morgan fingerprint density at radius 2 is 2.10 bits per heavy atom. The molecule has 0 bridgehead atoms. The lowest BCUT2D eigenvalue weighted by Crippen LogP contribution is -2.43. The number of carbonyl (C=O) groups is 1. The summed E-state index contributed by atoms with van der Waals surface area (Å²) in [5.41, 5.74) is 0.577. The predicted molar refractivity (Wildman–Crippen MR) is 90.9 cm³/mol. The third-order valence-electron chi connectivity index (χ3n) is 3.96. The third kappa shape index (κ3) is 4.44. The maximum absolute atomic E-state index is 12.8. The van der Waals surface area contributed by atoms with E-state index in [2.05, 4.69) is 35.1 Å². The summed E-state index contributed by atoms with van der Waals surface area (Å²) >= 11 is 9.62. The van der Waals surface area contributed by atoms with E-state index in [0.717, 1.165) is 36.9 Å². The van der Waals surface area contributed by atoms with Crippen LogP contribution in [0, 0.1) is 5.92 Å². The van der Waals surface area contributed by atoms with Gasteiger partial charge in [0.2, 0.25) is 0 Å². The van der Waals surface area contributed by atoms with Crippen molar-refractivity contribution in [3.05, 3.63) is 33.3 Å². The Balaban J connectivity index is 2.16. The summed E-state index contributed by atoms with van der Waals surface area (Å²) in [4.78, 5) is 14.8. The highest BCUT2D eigenvalue weighted by Crippen LogP contribution is 2.24. The number of nitrogens with one attached hydrogen (secondary N) is 1. The van der Waals surface area contributed by atoms with Gasteiger partial charge in [-0.05, 0) is 63.9 Å². The van der Waals surface area contributed by atoms with Crippen LogP contribution in [0.2, 0.25) is 5.02 Å². The first-order valence-electron chi connectivity index (χ1n) is 7.45. The van der Waals surface area contributed by atoms with E-state index < -0.39 is 0 Å². The van der Waals surface area contributed by atoms with Crippen LogP contribution in [-0.2, 0) is 0 Å². The first-order chi connectivity index (χ1) is 9.99. The highest BCUT2D eigenvalue weighted by molar-refractivity contribution is 9.10. The molecular weight excluding hydrogens is 352 g/mol. The maximum Gasteiger partial charge on any atom is 0.255 e. The summed E-state index contributed by atoms with van der Waals surface area (Å²) in [5, 5.41) is 3.88. The zero-order valence-electron chi connectivity index (χ0n) is 12.5. The Kier molecular flexibility index (Phi) is 6.08. The van der Waals surface area contributed by atoms with Gasteiger partial charge in [-0.25, -0.2) is 0 Å². The van der Waals surface area contributed by atoms with E-state index in [1.807, 2.05) is 17.0 Å². The van der Waals surface area contributed by atoms with Gasteiger partial charge in [-0.3, -0.25) is 4.79 Å². The molecule has 0 atom stereocenters. The van der Waals surface area contributed by atoms with Crippen molar-refractivity contribution < 1.29 is 4.79 Å². The number of carbonyl (C=O) groups excluding carboxylic acids is 1. The molecule has 1 aliphatic rings. The van der Waals surface area contributed by atoms with E-state index in [0.29, 0.717) is 16.5 Å². The molecule has 0 aliphatic carbocycles. The number of nitrogens with zero attached hydrogens (tertiary/aromatic N) is 1. The lowest BCUT2D eigenvalue weighted by molar-refractivity contribution is 0.0658. The summed E-state index contributed by atoms with van der Waals surface area (Å²) in [6.07, 6.45) is 2.26. The number of amides is 1. The Morgan fingerprint density at radius 1 is 1.43 bits per heavy atom. The molecule has 1 aromatic rings. The van der Waals surface area contributed by atoms with E-state index in [-0.39, 0.29) is 11.9 Å². The minimum Gasteiger partial charge on any atom is -0.336 e. The van der Waals surface area contributed by atoms with Gasteiger partial charge in [-0.2, -0.15) is 0 Å². The van der Waals surface area contributed by atoms with Gasteiger partial charge in [0.05, 0.1) is 10.6 Å². The molecule has 1 aromatic carbocycles. The normalized spacial score (nSPS) is 16.2. The second-order valence-corrected chi connectivity index (χ2v) is 7.19. The zero-order chi connectivity index (χ0) is 15.4. The highest BCUT2D eigenvalue weighted by atomic mass is 79.9. The second-order valence-electron chi connectivity index (χ2n) is 5.87. The molecule has 0 radical (unpaired) electrons. The van der Waals surface area contributed by atoms with Crippen molar-refractivity contribution in [3.63, 3.8) is 0 Å². The van der Waals surface area contributed by atoms with Gasteiger partial charge in [0.25, 0.3) is 5.91 Å². The molecule has 1 saturated heterocycles.